The molecule has 0 aliphatic rings. The zero-order valence-electron chi connectivity index (χ0n) is 15.9. The van der Waals surface area contributed by atoms with Gasteiger partial charge in [-0.15, -0.1) is 0 Å². The summed E-state index contributed by atoms with van der Waals surface area (Å²) < 4.78 is 29.6. The Morgan fingerprint density at radius 2 is 1.90 bits per heavy atom. The molecule has 2 heterocycles. The molecular weight excluding hydrogens is 406 g/mol. The van der Waals surface area contributed by atoms with Gasteiger partial charge in [-0.3, -0.25) is 4.98 Å². The van der Waals surface area contributed by atoms with E-state index in [4.69, 9.17) is 4.74 Å². The Bertz CT molecular complexity index is 1330. The van der Waals surface area contributed by atoms with Gasteiger partial charge >= 0.3 is 5.97 Å². The molecule has 4 rings (SSSR count). The lowest BCUT2D eigenvalue weighted by Crippen LogP contribution is -2.03. The number of nitrogens with one attached hydrogen (secondary N) is 1. The standard InChI is InChI=1S/C21H17N3O5S/c1-2-30(27,28)14-8-6-13(7-9-14)29-19-12-18-17(11-15(19)21(25)26)23-20(24-18)16-5-3-4-10-22-16/h3-12H,2H2,1H3,(H,23,24)(H,25,26). The minimum atomic E-state index is -3.33. The first kappa shape index (κ1) is 19.6. The fourth-order valence-electron chi connectivity index (χ4n) is 2.92. The average molecular weight is 423 g/mol. The van der Waals surface area contributed by atoms with Gasteiger partial charge in [0.15, 0.2) is 15.7 Å². The second kappa shape index (κ2) is 7.60. The topological polar surface area (TPSA) is 122 Å². The summed E-state index contributed by atoms with van der Waals surface area (Å²) in [7, 11) is -3.33. The summed E-state index contributed by atoms with van der Waals surface area (Å²) >= 11 is 0. The molecule has 0 spiro atoms. The van der Waals surface area contributed by atoms with Crippen LogP contribution in [-0.4, -0.2) is 40.2 Å². The second-order valence-corrected chi connectivity index (χ2v) is 8.73. The molecule has 9 heteroatoms. The maximum Gasteiger partial charge on any atom is 0.339 e. The van der Waals surface area contributed by atoms with Crippen molar-refractivity contribution in [1.82, 2.24) is 15.0 Å². The van der Waals surface area contributed by atoms with Crippen molar-refractivity contribution in [3.05, 3.63) is 66.4 Å². The molecular formula is C21H17N3O5S. The third kappa shape index (κ3) is 3.74. The quantitative estimate of drug-likeness (QED) is 0.482. The minimum absolute atomic E-state index is 0.00913. The largest absolute Gasteiger partial charge is 0.478 e. The molecule has 2 aromatic carbocycles. The first-order valence-electron chi connectivity index (χ1n) is 9.06. The Labute approximate surface area is 172 Å². The van der Waals surface area contributed by atoms with Gasteiger partial charge in [0.05, 0.1) is 21.7 Å². The van der Waals surface area contributed by atoms with Gasteiger partial charge in [-0.2, -0.15) is 0 Å². The van der Waals surface area contributed by atoms with E-state index in [0.29, 0.717) is 28.3 Å². The van der Waals surface area contributed by atoms with E-state index in [0.717, 1.165) is 0 Å². The number of hydrogen-bond acceptors (Lipinski definition) is 6. The van der Waals surface area contributed by atoms with Crippen LogP contribution < -0.4 is 4.74 Å². The summed E-state index contributed by atoms with van der Waals surface area (Å²) in [6, 6.07) is 14.2. The van der Waals surface area contributed by atoms with Crippen molar-refractivity contribution < 1.29 is 23.1 Å². The molecule has 0 bridgehead atoms. The van der Waals surface area contributed by atoms with Crippen LogP contribution in [0.3, 0.4) is 0 Å². The highest BCUT2D eigenvalue weighted by Crippen LogP contribution is 2.31. The molecule has 0 amide bonds. The second-order valence-electron chi connectivity index (χ2n) is 6.45. The number of aromatic amines is 1. The number of carboxylic acids is 1. The SMILES string of the molecule is CCS(=O)(=O)c1ccc(Oc2cc3nc(-c4ccccn4)[nH]c3cc2C(=O)O)cc1. The van der Waals surface area contributed by atoms with Crippen LogP contribution in [0.2, 0.25) is 0 Å². The summed E-state index contributed by atoms with van der Waals surface area (Å²) in [6.07, 6.45) is 1.64. The first-order chi connectivity index (χ1) is 14.4. The van der Waals surface area contributed by atoms with Crippen LogP contribution in [0.25, 0.3) is 22.6 Å². The first-order valence-corrected chi connectivity index (χ1v) is 10.7. The van der Waals surface area contributed by atoms with E-state index in [9.17, 15) is 18.3 Å². The normalized spacial score (nSPS) is 11.5. The molecule has 0 radical (unpaired) electrons. The number of nitrogens with zero attached hydrogens (tertiary/aromatic N) is 2. The summed E-state index contributed by atoms with van der Waals surface area (Å²) in [5.41, 5.74) is 1.62. The fourth-order valence-corrected chi connectivity index (χ4v) is 3.81. The Kier molecular flexibility index (Phi) is 4.96. The molecule has 4 aromatic rings. The Morgan fingerprint density at radius 3 is 2.53 bits per heavy atom. The highest BCUT2D eigenvalue weighted by atomic mass is 32.2. The summed E-state index contributed by atoms with van der Waals surface area (Å²) in [5.74, 6) is -0.253. The molecule has 8 nitrogen and oxygen atoms in total. The van der Waals surface area contributed by atoms with Crippen LogP contribution >= 0.6 is 0 Å². The fraction of sp³-hybridized carbons (Fsp3) is 0.0952. The summed E-state index contributed by atoms with van der Waals surface area (Å²) in [5, 5.41) is 9.60. The van der Waals surface area contributed by atoms with Crippen LogP contribution in [0.1, 0.15) is 17.3 Å². The van der Waals surface area contributed by atoms with Crippen LogP contribution in [0.5, 0.6) is 11.5 Å². The minimum Gasteiger partial charge on any atom is -0.478 e. The molecule has 0 atom stereocenters. The number of aromatic nitrogens is 3. The van der Waals surface area contributed by atoms with Crippen LogP contribution in [0.4, 0.5) is 0 Å². The Balaban J connectivity index is 1.72. The molecule has 2 N–H and O–H groups in total. The van der Waals surface area contributed by atoms with Crippen molar-refractivity contribution in [1.29, 1.82) is 0 Å². The molecule has 0 unspecified atom stereocenters. The molecule has 30 heavy (non-hydrogen) atoms. The smallest absolute Gasteiger partial charge is 0.339 e. The van der Waals surface area contributed by atoms with Crippen molar-refractivity contribution in [2.75, 3.05) is 5.75 Å². The number of hydrogen-bond donors (Lipinski definition) is 2. The average Bonchev–Trinajstić information content (AvgIpc) is 3.17. The van der Waals surface area contributed by atoms with Crippen molar-refractivity contribution >= 4 is 26.8 Å². The molecule has 0 aliphatic carbocycles. The van der Waals surface area contributed by atoms with Gasteiger partial charge in [-0.1, -0.05) is 13.0 Å². The predicted octanol–water partition coefficient (Wildman–Crippen LogP) is 3.91. The third-order valence-corrected chi connectivity index (χ3v) is 6.26. The number of benzene rings is 2. The van der Waals surface area contributed by atoms with E-state index >= 15 is 0 Å². The Hall–Kier alpha value is -3.72. The molecule has 0 saturated heterocycles. The van der Waals surface area contributed by atoms with Crippen molar-refractivity contribution in [2.24, 2.45) is 0 Å². The van der Waals surface area contributed by atoms with E-state index in [1.165, 1.54) is 36.4 Å². The third-order valence-electron chi connectivity index (χ3n) is 4.51. The number of imidazole rings is 1. The number of rotatable bonds is 6. The van der Waals surface area contributed by atoms with Crippen LogP contribution in [0.15, 0.2) is 65.7 Å². The van der Waals surface area contributed by atoms with Gasteiger partial charge in [0.25, 0.3) is 0 Å². The summed E-state index contributed by atoms with van der Waals surface area (Å²) in [6.45, 7) is 1.57. The number of pyridine rings is 1. The van der Waals surface area contributed by atoms with E-state index in [1.807, 2.05) is 6.07 Å². The van der Waals surface area contributed by atoms with Gasteiger partial charge in [-0.25, -0.2) is 18.2 Å². The highest BCUT2D eigenvalue weighted by Gasteiger charge is 2.17. The molecule has 0 fully saturated rings. The van der Waals surface area contributed by atoms with Crippen molar-refractivity contribution in [3.63, 3.8) is 0 Å². The zero-order chi connectivity index (χ0) is 21.3. The van der Waals surface area contributed by atoms with Gasteiger partial charge in [0, 0.05) is 12.3 Å². The van der Waals surface area contributed by atoms with E-state index < -0.39 is 15.8 Å². The van der Waals surface area contributed by atoms with Gasteiger partial charge in [-0.05, 0) is 42.5 Å². The maximum atomic E-state index is 11.9. The molecule has 0 saturated carbocycles. The number of sulfone groups is 1. The van der Waals surface area contributed by atoms with Crippen molar-refractivity contribution in [3.8, 4) is 23.0 Å². The lowest BCUT2D eigenvalue weighted by Gasteiger charge is -2.09. The van der Waals surface area contributed by atoms with Gasteiger partial charge < -0.3 is 14.8 Å². The molecule has 2 aromatic heterocycles. The molecule has 152 valence electrons. The van der Waals surface area contributed by atoms with E-state index in [2.05, 4.69) is 15.0 Å². The molecule has 0 aliphatic heterocycles. The van der Waals surface area contributed by atoms with Gasteiger partial charge in [0.2, 0.25) is 0 Å². The lowest BCUT2D eigenvalue weighted by molar-refractivity contribution is 0.0694. The number of carboxylic acid groups (broad SMARTS) is 1. The monoisotopic (exact) mass is 423 g/mol. The number of aromatic carboxylic acids is 1. The van der Waals surface area contributed by atoms with Crippen LogP contribution in [0, 0.1) is 0 Å². The number of H-pyrrole nitrogens is 1. The predicted molar refractivity (Wildman–Crippen MR) is 111 cm³/mol. The van der Waals surface area contributed by atoms with E-state index in [1.54, 1.807) is 25.3 Å². The Morgan fingerprint density at radius 1 is 1.13 bits per heavy atom. The van der Waals surface area contributed by atoms with Crippen molar-refractivity contribution in [2.45, 2.75) is 11.8 Å². The summed E-state index contributed by atoms with van der Waals surface area (Å²) in [4.78, 5) is 23.7. The number of fused-ring (bicyclic) bond motifs is 1. The maximum absolute atomic E-state index is 11.9. The van der Waals surface area contributed by atoms with E-state index in [-0.39, 0.29) is 22.0 Å². The van der Waals surface area contributed by atoms with Gasteiger partial charge in [0.1, 0.15) is 22.8 Å². The number of ether oxygens (including phenoxy) is 1. The zero-order valence-corrected chi connectivity index (χ0v) is 16.7. The highest BCUT2D eigenvalue weighted by molar-refractivity contribution is 7.91. The lowest BCUT2D eigenvalue weighted by atomic mass is 10.1. The van der Waals surface area contributed by atoms with Crippen LogP contribution in [-0.2, 0) is 9.84 Å². The number of carbonyl (C=O) groups is 1.